The van der Waals surface area contributed by atoms with Crippen LogP contribution in [0.2, 0.25) is 0 Å². The number of rotatable bonds is 8. The molecular formula is C31H27NO5. The van der Waals surface area contributed by atoms with Crippen LogP contribution in [-0.4, -0.2) is 23.2 Å². The minimum absolute atomic E-state index is 0.0913. The fourth-order valence-electron chi connectivity index (χ4n) is 4.58. The number of phenolic OH excluding ortho intramolecular Hbond substituents is 1. The lowest BCUT2D eigenvalue weighted by molar-refractivity contribution is -0.147. The molecule has 0 unspecified atom stereocenters. The Bertz CT molecular complexity index is 1400. The molecule has 4 aromatic carbocycles. The largest absolute Gasteiger partial charge is 0.508 e. The fraction of sp³-hybridized carbons (Fsp3) is 0.161. The zero-order valence-corrected chi connectivity index (χ0v) is 20.2. The monoisotopic (exact) mass is 493 g/mol. The lowest BCUT2D eigenvalue weighted by atomic mass is 10.0. The molecule has 1 amide bonds. The first-order chi connectivity index (χ1) is 18.1. The molecular weight excluding hydrogens is 466 g/mol. The van der Waals surface area contributed by atoms with Gasteiger partial charge >= 0.3 is 12.1 Å². The van der Waals surface area contributed by atoms with Crippen LogP contribution in [0, 0.1) is 0 Å². The van der Waals surface area contributed by atoms with E-state index in [-0.39, 0.29) is 25.4 Å². The Morgan fingerprint density at radius 1 is 0.757 bits per heavy atom. The molecule has 6 heteroatoms. The molecule has 0 radical (unpaired) electrons. The highest BCUT2D eigenvalue weighted by molar-refractivity contribution is 5.82. The van der Waals surface area contributed by atoms with Crippen molar-refractivity contribution in [2.45, 2.75) is 32.1 Å². The van der Waals surface area contributed by atoms with Crippen LogP contribution in [0.15, 0.2) is 97.1 Å². The van der Waals surface area contributed by atoms with Gasteiger partial charge in [-0.25, -0.2) is 9.59 Å². The first-order valence-electron chi connectivity index (χ1n) is 12.2. The summed E-state index contributed by atoms with van der Waals surface area (Å²) in [4.78, 5) is 25.7. The summed E-state index contributed by atoms with van der Waals surface area (Å²) >= 11 is 0. The van der Waals surface area contributed by atoms with E-state index in [9.17, 15) is 14.7 Å². The van der Waals surface area contributed by atoms with Gasteiger partial charge in [0.2, 0.25) is 0 Å². The third-order valence-electron chi connectivity index (χ3n) is 6.48. The molecule has 0 aliphatic heterocycles. The van der Waals surface area contributed by atoms with Gasteiger partial charge in [-0.05, 0) is 57.5 Å². The van der Waals surface area contributed by atoms with E-state index >= 15 is 0 Å². The maximum Gasteiger partial charge on any atom is 0.408 e. The minimum atomic E-state index is -0.952. The smallest absolute Gasteiger partial charge is 0.408 e. The van der Waals surface area contributed by atoms with Crippen molar-refractivity contribution in [3.63, 3.8) is 0 Å². The molecule has 5 rings (SSSR count). The molecule has 6 nitrogen and oxygen atoms in total. The zero-order valence-electron chi connectivity index (χ0n) is 20.2. The molecule has 186 valence electrons. The molecule has 0 saturated heterocycles. The average molecular weight is 494 g/mol. The van der Waals surface area contributed by atoms with Crippen LogP contribution in [-0.2, 0) is 40.3 Å². The average Bonchev–Trinajstić information content (AvgIpc) is 3.31. The minimum Gasteiger partial charge on any atom is -0.508 e. The summed E-state index contributed by atoms with van der Waals surface area (Å²) in [6.07, 6.45) is 0.287. The first-order valence-corrected chi connectivity index (χ1v) is 12.2. The van der Waals surface area contributed by atoms with E-state index in [4.69, 9.17) is 9.47 Å². The Balaban J connectivity index is 1.25. The molecule has 0 saturated carbocycles. The van der Waals surface area contributed by atoms with Crippen molar-refractivity contribution in [2.24, 2.45) is 0 Å². The van der Waals surface area contributed by atoms with E-state index in [0.717, 1.165) is 34.2 Å². The standard InChI is InChI=1S/C31H27NO5/c33-25-15-13-21(14-16-25)17-29(30(34)36-19-22-7-2-1-3-8-22)32-31(35)37-20-24-10-6-12-27-26-11-5-4-9-23(26)18-28(24)27/h1-16,29,33H,17-20H2,(H,32,35)/t29-/m0/s1. The Kier molecular flexibility index (Phi) is 7.17. The van der Waals surface area contributed by atoms with Crippen molar-refractivity contribution in [1.29, 1.82) is 0 Å². The number of hydrogen-bond donors (Lipinski definition) is 2. The van der Waals surface area contributed by atoms with E-state index in [0.29, 0.717) is 0 Å². The summed E-state index contributed by atoms with van der Waals surface area (Å²) in [5.74, 6) is -0.443. The number of amides is 1. The predicted molar refractivity (Wildman–Crippen MR) is 140 cm³/mol. The van der Waals surface area contributed by atoms with E-state index in [1.807, 2.05) is 54.6 Å². The number of carbonyl (C=O) groups is 2. The van der Waals surface area contributed by atoms with Crippen LogP contribution in [0.1, 0.15) is 27.8 Å². The molecule has 4 aromatic rings. The quantitative estimate of drug-likeness (QED) is 0.277. The summed E-state index contributed by atoms with van der Waals surface area (Å²) in [6.45, 7) is 0.188. The SMILES string of the molecule is O=C(N[C@@H](Cc1ccc(O)cc1)C(=O)OCc1ccccc1)OCc1cccc2c1Cc1ccccc1-2. The van der Waals surface area contributed by atoms with Crippen LogP contribution in [0.5, 0.6) is 5.75 Å². The summed E-state index contributed by atoms with van der Waals surface area (Å²) in [6, 6.07) is 29.1. The molecule has 0 spiro atoms. The van der Waals surface area contributed by atoms with Gasteiger partial charge < -0.3 is 19.9 Å². The Morgan fingerprint density at radius 3 is 2.30 bits per heavy atom. The van der Waals surface area contributed by atoms with Crippen LogP contribution >= 0.6 is 0 Å². The number of esters is 1. The van der Waals surface area contributed by atoms with Gasteiger partial charge in [0.25, 0.3) is 0 Å². The predicted octanol–water partition coefficient (Wildman–Crippen LogP) is 5.54. The van der Waals surface area contributed by atoms with Crippen molar-refractivity contribution in [3.8, 4) is 16.9 Å². The summed E-state index contributed by atoms with van der Waals surface area (Å²) in [5.41, 5.74) is 7.32. The highest BCUT2D eigenvalue weighted by Gasteiger charge is 2.25. The van der Waals surface area contributed by atoms with Gasteiger partial charge in [0, 0.05) is 6.42 Å². The number of ether oxygens (including phenoxy) is 2. The van der Waals surface area contributed by atoms with Crippen molar-refractivity contribution in [3.05, 3.63) is 125 Å². The summed E-state index contributed by atoms with van der Waals surface area (Å²) in [5, 5.41) is 12.2. The third-order valence-corrected chi connectivity index (χ3v) is 6.48. The molecule has 37 heavy (non-hydrogen) atoms. The van der Waals surface area contributed by atoms with Gasteiger partial charge in [0.05, 0.1) is 0 Å². The third kappa shape index (κ3) is 5.81. The number of fused-ring (bicyclic) bond motifs is 3. The topological polar surface area (TPSA) is 84.9 Å². The number of aromatic hydroxyl groups is 1. The van der Waals surface area contributed by atoms with Crippen molar-refractivity contribution >= 4 is 12.1 Å². The highest BCUT2D eigenvalue weighted by atomic mass is 16.6. The van der Waals surface area contributed by atoms with Gasteiger partial charge in [-0.3, -0.25) is 0 Å². The number of phenols is 1. The van der Waals surface area contributed by atoms with Gasteiger partial charge in [-0.15, -0.1) is 0 Å². The number of benzene rings is 4. The molecule has 1 aliphatic rings. The van der Waals surface area contributed by atoms with E-state index < -0.39 is 18.1 Å². The van der Waals surface area contributed by atoms with Gasteiger partial charge in [-0.1, -0.05) is 84.9 Å². The number of hydrogen-bond acceptors (Lipinski definition) is 5. The maximum atomic E-state index is 12.9. The van der Waals surface area contributed by atoms with Crippen molar-refractivity contribution < 1.29 is 24.2 Å². The van der Waals surface area contributed by atoms with Crippen LogP contribution in [0.4, 0.5) is 4.79 Å². The Morgan fingerprint density at radius 2 is 1.49 bits per heavy atom. The second kappa shape index (κ2) is 11.0. The molecule has 2 N–H and O–H groups in total. The number of alkyl carbamates (subject to hydrolysis) is 1. The van der Waals surface area contributed by atoms with Crippen LogP contribution < -0.4 is 5.32 Å². The first kappa shape index (κ1) is 24.1. The van der Waals surface area contributed by atoms with Gasteiger partial charge in [0.1, 0.15) is 25.0 Å². The van der Waals surface area contributed by atoms with Crippen molar-refractivity contribution in [2.75, 3.05) is 0 Å². The second-order valence-electron chi connectivity index (χ2n) is 9.01. The zero-order chi connectivity index (χ0) is 25.6. The van der Waals surface area contributed by atoms with Gasteiger partial charge in [0.15, 0.2) is 0 Å². The second-order valence-corrected chi connectivity index (χ2v) is 9.01. The normalized spacial score (nSPS) is 12.2. The Hall–Kier alpha value is -4.58. The lowest BCUT2D eigenvalue weighted by Gasteiger charge is -2.18. The molecule has 0 heterocycles. The number of carbonyl (C=O) groups excluding carboxylic acids is 2. The summed E-state index contributed by atoms with van der Waals surface area (Å²) in [7, 11) is 0. The Labute approximate surface area is 215 Å². The number of nitrogens with one attached hydrogen (secondary N) is 1. The molecule has 1 aliphatic carbocycles. The molecule has 0 aromatic heterocycles. The van der Waals surface area contributed by atoms with Crippen LogP contribution in [0.3, 0.4) is 0 Å². The van der Waals surface area contributed by atoms with Crippen LogP contribution in [0.25, 0.3) is 11.1 Å². The maximum absolute atomic E-state index is 12.9. The van der Waals surface area contributed by atoms with Gasteiger partial charge in [-0.2, -0.15) is 0 Å². The molecule has 0 bridgehead atoms. The fourth-order valence-corrected chi connectivity index (χ4v) is 4.58. The molecule has 0 fully saturated rings. The van der Waals surface area contributed by atoms with E-state index in [2.05, 4.69) is 23.5 Å². The lowest BCUT2D eigenvalue weighted by Crippen LogP contribution is -2.43. The van der Waals surface area contributed by atoms with Crippen molar-refractivity contribution in [1.82, 2.24) is 5.32 Å². The van der Waals surface area contributed by atoms with E-state index in [1.165, 1.54) is 23.3 Å². The summed E-state index contributed by atoms with van der Waals surface area (Å²) < 4.78 is 11.0. The van der Waals surface area contributed by atoms with E-state index in [1.54, 1.807) is 12.1 Å². The molecule has 1 atom stereocenters. The highest BCUT2D eigenvalue weighted by Crippen LogP contribution is 2.38.